The lowest BCUT2D eigenvalue weighted by atomic mass is 10.5. The summed E-state index contributed by atoms with van der Waals surface area (Å²) in [6.07, 6.45) is 4.09. The molecule has 0 unspecified atom stereocenters. The van der Waals surface area contributed by atoms with E-state index >= 15 is 0 Å². The van der Waals surface area contributed by atoms with Crippen LogP contribution in [0.2, 0.25) is 0 Å². The fourth-order valence-electron chi connectivity index (χ4n) is 2.58. The Kier molecular flexibility index (Phi) is 5.72. The lowest BCUT2D eigenvalue weighted by molar-refractivity contribution is 0.728. The fourth-order valence-corrected chi connectivity index (χ4v) is 5.83. The molecular formula is C18H16N4O2S4. The van der Waals surface area contributed by atoms with Crippen LogP contribution in [0.4, 0.5) is 0 Å². The SMILES string of the molecule is Cn1c(SC/C=C/CSc2nc3ccsc3c(=O)n2C)nc2ccsc2c1=O. The molecule has 0 radical (unpaired) electrons. The maximum Gasteiger partial charge on any atom is 0.271 e. The van der Waals surface area contributed by atoms with Crippen molar-refractivity contribution in [2.75, 3.05) is 11.5 Å². The van der Waals surface area contributed by atoms with Gasteiger partial charge in [-0.05, 0) is 22.9 Å². The highest BCUT2D eigenvalue weighted by Crippen LogP contribution is 2.22. The van der Waals surface area contributed by atoms with Crippen LogP contribution in [0.15, 0.2) is 54.9 Å². The van der Waals surface area contributed by atoms with Crippen molar-refractivity contribution in [1.29, 1.82) is 0 Å². The van der Waals surface area contributed by atoms with Gasteiger partial charge in [0.25, 0.3) is 11.1 Å². The second-order valence-electron chi connectivity index (χ2n) is 5.88. The first-order chi connectivity index (χ1) is 13.6. The van der Waals surface area contributed by atoms with Crippen LogP contribution in [0.1, 0.15) is 0 Å². The van der Waals surface area contributed by atoms with Gasteiger partial charge in [0.05, 0.1) is 11.0 Å². The monoisotopic (exact) mass is 448 g/mol. The Labute approximate surface area is 177 Å². The van der Waals surface area contributed by atoms with Gasteiger partial charge in [-0.3, -0.25) is 18.7 Å². The van der Waals surface area contributed by atoms with Gasteiger partial charge >= 0.3 is 0 Å². The predicted octanol–water partition coefficient (Wildman–Crippen LogP) is 3.74. The average molecular weight is 449 g/mol. The third kappa shape index (κ3) is 3.69. The van der Waals surface area contributed by atoms with E-state index in [1.807, 2.05) is 35.0 Å². The number of thiophene rings is 2. The smallest absolute Gasteiger partial charge is 0.271 e. The van der Waals surface area contributed by atoms with Crippen molar-refractivity contribution in [3.63, 3.8) is 0 Å². The zero-order valence-electron chi connectivity index (χ0n) is 15.1. The molecular weight excluding hydrogens is 432 g/mol. The molecule has 0 fully saturated rings. The largest absolute Gasteiger partial charge is 0.290 e. The first-order valence-corrected chi connectivity index (χ1v) is 12.1. The third-order valence-electron chi connectivity index (χ3n) is 4.08. The van der Waals surface area contributed by atoms with Gasteiger partial charge in [0.2, 0.25) is 0 Å². The summed E-state index contributed by atoms with van der Waals surface area (Å²) in [7, 11) is 3.51. The minimum atomic E-state index is -0.00199. The fraction of sp³-hybridized carbons (Fsp3) is 0.222. The van der Waals surface area contributed by atoms with Crippen molar-refractivity contribution in [3.8, 4) is 0 Å². The number of rotatable bonds is 6. The minimum absolute atomic E-state index is 0.00199. The summed E-state index contributed by atoms with van der Waals surface area (Å²) >= 11 is 5.89. The molecule has 0 atom stereocenters. The highest BCUT2D eigenvalue weighted by molar-refractivity contribution is 7.99. The number of nitrogens with zero attached hydrogens (tertiary/aromatic N) is 4. The van der Waals surface area contributed by atoms with Gasteiger partial charge in [-0.15, -0.1) is 22.7 Å². The molecule has 10 heteroatoms. The standard InChI is InChI=1S/C18H16N4O2S4/c1-21-15(23)13-11(5-9-25-13)19-17(21)27-7-3-4-8-28-18-20-12-6-10-26-14(12)16(24)22(18)2/h3-6,9-10H,7-8H2,1-2H3/b4-3+. The zero-order chi connectivity index (χ0) is 19.7. The Morgan fingerprint density at radius 1 is 0.857 bits per heavy atom. The molecule has 28 heavy (non-hydrogen) atoms. The number of aromatic nitrogens is 4. The summed E-state index contributed by atoms with van der Waals surface area (Å²) in [4.78, 5) is 33.7. The Balaban J connectivity index is 1.38. The topological polar surface area (TPSA) is 69.8 Å². The lowest BCUT2D eigenvalue weighted by Gasteiger charge is -2.06. The van der Waals surface area contributed by atoms with Gasteiger partial charge in [0, 0.05) is 25.6 Å². The highest BCUT2D eigenvalue weighted by Gasteiger charge is 2.10. The molecule has 0 N–H and O–H groups in total. The molecule has 0 aliphatic rings. The molecule has 4 aromatic rings. The van der Waals surface area contributed by atoms with E-state index in [1.165, 1.54) is 46.2 Å². The first kappa shape index (κ1) is 19.4. The van der Waals surface area contributed by atoms with Gasteiger partial charge in [0.15, 0.2) is 10.3 Å². The Hall–Kier alpha value is -1.88. The van der Waals surface area contributed by atoms with E-state index in [0.717, 1.165) is 11.0 Å². The molecule has 0 saturated carbocycles. The molecule has 6 nitrogen and oxygen atoms in total. The second kappa shape index (κ2) is 8.24. The van der Waals surface area contributed by atoms with Crippen LogP contribution < -0.4 is 11.1 Å². The van der Waals surface area contributed by atoms with Crippen LogP contribution in [0, 0.1) is 0 Å². The Morgan fingerprint density at radius 3 is 1.71 bits per heavy atom. The number of hydrogen-bond acceptors (Lipinski definition) is 8. The summed E-state index contributed by atoms with van der Waals surface area (Å²) in [6.45, 7) is 0. The maximum atomic E-state index is 12.3. The van der Waals surface area contributed by atoms with E-state index in [2.05, 4.69) is 9.97 Å². The molecule has 4 aromatic heterocycles. The van der Waals surface area contributed by atoms with Gasteiger partial charge in [-0.25, -0.2) is 9.97 Å². The summed E-state index contributed by atoms with van der Waals surface area (Å²) in [5.41, 5.74) is 1.51. The van der Waals surface area contributed by atoms with E-state index in [4.69, 9.17) is 0 Å². The average Bonchev–Trinajstić information content (AvgIpc) is 3.35. The summed E-state index contributed by atoms with van der Waals surface area (Å²) < 4.78 is 4.59. The second-order valence-corrected chi connectivity index (χ2v) is 9.69. The van der Waals surface area contributed by atoms with E-state index in [1.54, 1.807) is 23.2 Å². The van der Waals surface area contributed by atoms with Crippen molar-refractivity contribution in [2.45, 2.75) is 10.3 Å². The van der Waals surface area contributed by atoms with Crippen LogP contribution in [0.25, 0.3) is 20.4 Å². The minimum Gasteiger partial charge on any atom is -0.290 e. The third-order valence-corrected chi connectivity index (χ3v) is 7.82. The molecule has 0 amide bonds. The van der Waals surface area contributed by atoms with Crippen molar-refractivity contribution in [3.05, 3.63) is 55.8 Å². The first-order valence-electron chi connectivity index (χ1n) is 8.35. The van der Waals surface area contributed by atoms with Crippen LogP contribution in [0.3, 0.4) is 0 Å². The Morgan fingerprint density at radius 2 is 1.29 bits per heavy atom. The van der Waals surface area contributed by atoms with Gasteiger partial charge in [-0.1, -0.05) is 35.7 Å². The molecule has 4 heterocycles. The van der Waals surface area contributed by atoms with Gasteiger partial charge < -0.3 is 0 Å². The molecule has 144 valence electrons. The number of thioether (sulfide) groups is 2. The van der Waals surface area contributed by atoms with E-state index in [9.17, 15) is 9.59 Å². The number of hydrogen-bond donors (Lipinski definition) is 0. The van der Waals surface area contributed by atoms with Crippen LogP contribution in [0.5, 0.6) is 0 Å². The lowest BCUT2D eigenvalue weighted by Crippen LogP contribution is -2.18. The molecule has 0 aliphatic carbocycles. The summed E-state index contributed by atoms with van der Waals surface area (Å²) in [6, 6.07) is 3.75. The normalized spacial score (nSPS) is 11.9. The quantitative estimate of drug-likeness (QED) is 0.254. The molecule has 0 saturated heterocycles. The molecule has 0 bridgehead atoms. The van der Waals surface area contributed by atoms with E-state index < -0.39 is 0 Å². The van der Waals surface area contributed by atoms with Crippen molar-refractivity contribution < 1.29 is 0 Å². The van der Waals surface area contributed by atoms with Crippen LogP contribution in [-0.4, -0.2) is 30.6 Å². The molecule has 0 aliphatic heterocycles. The van der Waals surface area contributed by atoms with Crippen LogP contribution >= 0.6 is 46.2 Å². The van der Waals surface area contributed by atoms with E-state index in [0.29, 0.717) is 31.2 Å². The maximum absolute atomic E-state index is 12.3. The Bertz CT molecular complexity index is 1200. The predicted molar refractivity (Wildman–Crippen MR) is 120 cm³/mol. The summed E-state index contributed by atoms with van der Waals surface area (Å²) in [5.74, 6) is 1.43. The van der Waals surface area contributed by atoms with Gasteiger partial charge in [0.1, 0.15) is 9.40 Å². The highest BCUT2D eigenvalue weighted by atomic mass is 32.2. The zero-order valence-corrected chi connectivity index (χ0v) is 18.4. The van der Waals surface area contributed by atoms with Crippen molar-refractivity contribution >= 4 is 66.6 Å². The molecule has 4 rings (SSSR count). The van der Waals surface area contributed by atoms with E-state index in [-0.39, 0.29) is 11.1 Å². The summed E-state index contributed by atoms with van der Waals surface area (Å²) in [5, 5.41) is 5.19. The van der Waals surface area contributed by atoms with Crippen molar-refractivity contribution in [2.24, 2.45) is 14.1 Å². The number of fused-ring (bicyclic) bond motifs is 2. The molecule has 0 spiro atoms. The van der Waals surface area contributed by atoms with Gasteiger partial charge in [-0.2, -0.15) is 0 Å². The van der Waals surface area contributed by atoms with Crippen LogP contribution in [-0.2, 0) is 14.1 Å². The molecule has 0 aromatic carbocycles. The van der Waals surface area contributed by atoms with Crippen molar-refractivity contribution in [1.82, 2.24) is 19.1 Å².